The van der Waals surface area contributed by atoms with Crippen LogP contribution in [-0.2, 0) is 22.4 Å². The van der Waals surface area contributed by atoms with E-state index in [1.807, 2.05) is 97.1 Å². The Morgan fingerprint density at radius 2 is 1.10 bits per heavy atom. The number of rotatable bonds is 5. The Labute approximate surface area is 362 Å². The number of nitrogens with two attached hydrogens (primary N) is 1. The van der Waals surface area contributed by atoms with Crippen LogP contribution in [0.1, 0.15) is 58.3 Å². The summed E-state index contributed by atoms with van der Waals surface area (Å²) in [5.74, 6) is -0.313. The summed E-state index contributed by atoms with van der Waals surface area (Å²) in [5, 5.41) is 35.4. The fraction of sp³-hybridized carbons (Fsp3) is 0.239. The fourth-order valence-electron chi connectivity index (χ4n) is 10.1. The van der Waals surface area contributed by atoms with Gasteiger partial charge < -0.3 is 25.4 Å². The summed E-state index contributed by atoms with van der Waals surface area (Å²) < 4.78 is 15.1. The van der Waals surface area contributed by atoms with Crippen LogP contribution in [0.4, 0.5) is 0 Å². The molecule has 0 bridgehead atoms. The van der Waals surface area contributed by atoms with E-state index in [9.17, 15) is 15.5 Å². The summed E-state index contributed by atoms with van der Waals surface area (Å²) in [6.07, 6.45) is 4.19. The Morgan fingerprint density at radius 1 is 0.672 bits per heavy atom. The zero-order valence-corrected chi connectivity index (χ0v) is 35.5. The lowest BCUT2D eigenvalue weighted by atomic mass is 9.71. The summed E-state index contributed by atoms with van der Waals surface area (Å²) in [4.78, 5) is 8.94. The molecule has 8 nitrogen and oxygen atoms in total. The number of pyridine rings is 2. The van der Waals surface area contributed by atoms with Crippen molar-refractivity contribution in [3.63, 3.8) is 0 Å². The molecule has 0 saturated heterocycles. The lowest BCUT2D eigenvalue weighted by Crippen LogP contribution is -2.51. The zero-order chi connectivity index (χ0) is 40.5. The Balaban J connectivity index is 0.000000150. The normalized spacial score (nSPS) is 29.8. The second-order valence-corrected chi connectivity index (χ2v) is 17.9. The standard InChI is InChI=1S/C23H20BrClN2O2.C23H16BrClN2O2/c2*24-17-8-6-15(7-9-17)23-19(14-4-2-1-3-5-14)10-16(12-26)22(23,28)21-20(29-23)11-18(25)13-27-21/h1-9,11,13,16,19,28H,10,12,26H2;1-9,11,13,16,19,28H,10H2/t2*16-,19+,22-,23+/m11/s1. The number of halogens is 4. The number of hydrogen-bond acceptors (Lipinski definition) is 8. The van der Waals surface area contributed by atoms with Crippen molar-refractivity contribution in [2.45, 2.75) is 47.1 Å². The van der Waals surface area contributed by atoms with Crippen molar-refractivity contribution in [1.82, 2.24) is 9.97 Å². The van der Waals surface area contributed by atoms with E-state index in [0.29, 0.717) is 52.3 Å². The molecule has 12 heteroatoms. The molecule has 2 aromatic heterocycles. The molecule has 0 unspecified atom stereocenters. The molecular formula is C46H36Br2Cl2N4O4. The van der Waals surface area contributed by atoms with Crippen LogP contribution < -0.4 is 15.2 Å². The van der Waals surface area contributed by atoms with Gasteiger partial charge in [-0.05, 0) is 65.9 Å². The third-order valence-electron chi connectivity index (χ3n) is 12.5. The number of aliphatic hydroxyl groups is 2. The van der Waals surface area contributed by atoms with E-state index in [1.54, 1.807) is 18.3 Å². The minimum Gasteiger partial charge on any atom is -0.476 e. The van der Waals surface area contributed by atoms with Gasteiger partial charge in [-0.25, -0.2) is 0 Å². The molecule has 2 aliphatic carbocycles. The zero-order valence-electron chi connectivity index (χ0n) is 30.8. The van der Waals surface area contributed by atoms with Gasteiger partial charge in [0, 0.05) is 51.2 Å². The highest BCUT2D eigenvalue weighted by Gasteiger charge is 2.74. The molecule has 4 aliphatic rings. The van der Waals surface area contributed by atoms with Crippen LogP contribution in [0.2, 0.25) is 10.0 Å². The van der Waals surface area contributed by atoms with Gasteiger partial charge in [0.25, 0.3) is 0 Å². The summed E-state index contributed by atoms with van der Waals surface area (Å²) >= 11 is 19.4. The van der Waals surface area contributed by atoms with Crippen molar-refractivity contribution in [3.8, 4) is 17.6 Å². The first-order chi connectivity index (χ1) is 28.0. The molecule has 4 heterocycles. The first kappa shape index (κ1) is 39.2. The predicted octanol–water partition coefficient (Wildman–Crippen LogP) is 10.0. The molecule has 292 valence electrons. The third-order valence-corrected chi connectivity index (χ3v) is 14.0. The summed E-state index contributed by atoms with van der Waals surface area (Å²) in [7, 11) is 0. The molecule has 0 spiro atoms. The van der Waals surface area contributed by atoms with Crippen molar-refractivity contribution in [1.29, 1.82) is 5.26 Å². The van der Waals surface area contributed by atoms with Gasteiger partial charge in [0.1, 0.15) is 22.9 Å². The molecule has 0 amide bonds. The molecule has 4 N–H and O–H groups in total. The molecule has 2 fully saturated rings. The summed E-state index contributed by atoms with van der Waals surface area (Å²) in [6.45, 7) is 0.325. The minimum atomic E-state index is -1.60. The molecule has 10 rings (SSSR count). The van der Waals surface area contributed by atoms with Crippen molar-refractivity contribution < 1.29 is 19.7 Å². The van der Waals surface area contributed by atoms with Crippen LogP contribution in [0.3, 0.4) is 0 Å². The number of benzene rings is 4. The lowest BCUT2D eigenvalue weighted by Gasteiger charge is -2.41. The van der Waals surface area contributed by atoms with Crippen molar-refractivity contribution in [2.24, 2.45) is 17.6 Å². The maximum Gasteiger partial charge on any atom is 0.176 e. The van der Waals surface area contributed by atoms with Crippen LogP contribution in [0.15, 0.2) is 143 Å². The number of hydrogen-bond donors (Lipinski definition) is 3. The first-order valence-electron chi connectivity index (χ1n) is 18.9. The molecule has 2 saturated carbocycles. The van der Waals surface area contributed by atoms with Crippen molar-refractivity contribution >= 4 is 55.1 Å². The highest BCUT2D eigenvalue weighted by atomic mass is 79.9. The Hall–Kier alpha value is -4.31. The molecule has 58 heavy (non-hydrogen) atoms. The van der Waals surface area contributed by atoms with Crippen LogP contribution in [0, 0.1) is 23.2 Å². The number of nitrogens with zero attached hydrogens (tertiary/aromatic N) is 3. The van der Waals surface area contributed by atoms with Gasteiger partial charge in [0.2, 0.25) is 0 Å². The summed E-state index contributed by atoms with van der Waals surface area (Å²) in [6, 6.07) is 41.4. The fourth-order valence-corrected chi connectivity index (χ4v) is 10.9. The van der Waals surface area contributed by atoms with E-state index in [4.69, 9.17) is 38.4 Å². The van der Waals surface area contributed by atoms with E-state index in [1.165, 1.54) is 6.20 Å². The van der Waals surface area contributed by atoms with Gasteiger partial charge >= 0.3 is 0 Å². The quantitative estimate of drug-likeness (QED) is 0.156. The smallest absolute Gasteiger partial charge is 0.176 e. The van der Waals surface area contributed by atoms with Crippen molar-refractivity contribution in [3.05, 3.63) is 186 Å². The van der Waals surface area contributed by atoms with Gasteiger partial charge in [-0.3, -0.25) is 9.97 Å². The maximum atomic E-state index is 12.3. The molecule has 4 aromatic carbocycles. The number of fused-ring (bicyclic) bond motifs is 6. The van der Waals surface area contributed by atoms with E-state index >= 15 is 0 Å². The number of ether oxygens (including phenoxy) is 2. The Kier molecular flexibility index (Phi) is 9.96. The van der Waals surface area contributed by atoms with E-state index in [2.05, 4.69) is 60.0 Å². The Bertz CT molecular complexity index is 2550. The summed E-state index contributed by atoms with van der Waals surface area (Å²) in [5.41, 5.74) is 5.67. The van der Waals surface area contributed by atoms with Crippen LogP contribution in [-0.4, -0.2) is 26.7 Å². The second-order valence-electron chi connectivity index (χ2n) is 15.2. The minimum absolute atomic E-state index is 0.101. The monoisotopic (exact) mass is 936 g/mol. The molecular weight excluding hydrogens is 903 g/mol. The van der Waals surface area contributed by atoms with Crippen molar-refractivity contribution in [2.75, 3.05) is 6.54 Å². The number of nitriles is 1. The van der Waals surface area contributed by atoms with Crippen LogP contribution in [0.5, 0.6) is 11.5 Å². The molecule has 6 aromatic rings. The highest BCUT2D eigenvalue weighted by Crippen LogP contribution is 2.69. The SMILES string of the molecule is N#C[C@H]1C[C@@H](c2ccccc2)[C@]2(c3ccc(Br)cc3)Oc3cc(Cl)cnc3[C@]12O.NC[C@H]1C[C@@H](c2ccccc2)[C@]2(c3ccc(Br)cc3)Oc3cc(Cl)cnc3[C@]12O. The number of aromatic nitrogens is 2. The average Bonchev–Trinajstić information content (AvgIpc) is 3.84. The molecule has 2 aliphatic heterocycles. The van der Waals surface area contributed by atoms with E-state index < -0.39 is 28.3 Å². The molecule has 8 atom stereocenters. The topological polar surface area (TPSA) is 135 Å². The van der Waals surface area contributed by atoms with Crippen LogP contribution in [0.25, 0.3) is 0 Å². The van der Waals surface area contributed by atoms with E-state index in [0.717, 1.165) is 31.2 Å². The Morgan fingerprint density at radius 3 is 1.55 bits per heavy atom. The van der Waals surface area contributed by atoms with Gasteiger partial charge in [-0.15, -0.1) is 0 Å². The van der Waals surface area contributed by atoms with Gasteiger partial charge in [0.05, 0.1) is 22.0 Å². The third kappa shape index (κ3) is 5.62. The van der Waals surface area contributed by atoms with Gasteiger partial charge in [-0.2, -0.15) is 5.26 Å². The van der Waals surface area contributed by atoms with Gasteiger partial charge in [0.15, 0.2) is 22.4 Å². The van der Waals surface area contributed by atoms with E-state index in [-0.39, 0.29) is 17.8 Å². The average molecular weight is 940 g/mol. The highest BCUT2D eigenvalue weighted by molar-refractivity contribution is 9.10. The molecule has 0 radical (unpaired) electrons. The first-order valence-corrected chi connectivity index (χ1v) is 21.2. The predicted molar refractivity (Wildman–Crippen MR) is 228 cm³/mol. The van der Waals surface area contributed by atoms with Gasteiger partial charge in [-0.1, -0.05) is 140 Å². The maximum absolute atomic E-state index is 12.3. The van der Waals surface area contributed by atoms with Crippen LogP contribution >= 0.6 is 55.1 Å². The lowest BCUT2D eigenvalue weighted by molar-refractivity contribution is -0.127. The largest absolute Gasteiger partial charge is 0.476 e. The second kappa shape index (κ2) is 14.8.